The second kappa shape index (κ2) is 9.28. The molecule has 4 rings (SSSR count). The molecule has 6 nitrogen and oxygen atoms in total. The Kier molecular flexibility index (Phi) is 6.10. The van der Waals surface area contributed by atoms with Crippen LogP contribution in [0.1, 0.15) is 10.8 Å². The van der Waals surface area contributed by atoms with Crippen LogP contribution in [0.4, 0.5) is 5.69 Å². The first-order valence-electron chi connectivity index (χ1n) is 9.28. The molecular weight excluding hydrogens is 398 g/mol. The molecule has 0 fully saturated rings. The van der Waals surface area contributed by atoms with Gasteiger partial charge < -0.3 is 14.5 Å². The Morgan fingerprint density at radius 1 is 0.967 bits per heavy atom. The van der Waals surface area contributed by atoms with Crippen molar-refractivity contribution in [2.45, 2.75) is 10.5 Å². The predicted molar refractivity (Wildman–Crippen MR) is 116 cm³/mol. The first kappa shape index (κ1) is 19.7. The lowest BCUT2D eigenvalue weighted by Crippen LogP contribution is -2.19. The lowest BCUT2D eigenvalue weighted by Gasteiger charge is -2.15. The van der Waals surface area contributed by atoms with Gasteiger partial charge in [0, 0.05) is 17.3 Å². The highest BCUT2D eigenvalue weighted by Crippen LogP contribution is 2.36. The molecule has 7 heteroatoms. The van der Waals surface area contributed by atoms with Crippen molar-refractivity contribution >= 4 is 23.4 Å². The van der Waals surface area contributed by atoms with Crippen LogP contribution in [0.15, 0.2) is 94.6 Å². The molecule has 3 aromatic carbocycles. The Morgan fingerprint density at radius 3 is 2.43 bits per heavy atom. The van der Waals surface area contributed by atoms with Crippen molar-refractivity contribution in [1.82, 2.24) is 10.2 Å². The van der Waals surface area contributed by atoms with E-state index in [4.69, 9.17) is 9.15 Å². The monoisotopic (exact) mass is 417 g/mol. The van der Waals surface area contributed by atoms with Crippen LogP contribution in [0.2, 0.25) is 0 Å². The molecule has 0 spiro atoms. The standard InChI is InChI=1S/C23H19N3O3S/c1-28-19-14-8-13-18(15-19)24-21(27)20(16-9-4-2-5-10-16)30-23-26-25-22(29-23)17-11-6-3-7-12-17/h2-15,20H,1H3,(H,24,27). The third-order valence-corrected chi connectivity index (χ3v) is 5.41. The average molecular weight is 417 g/mol. The number of hydrogen-bond donors (Lipinski definition) is 1. The van der Waals surface area contributed by atoms with E-state index in [1.807, 2.05) is 78.9 Å². The third-order valence-electron chi connectivity index (χ3n) is 4.32. The van der Waals surface area contributed by atoms with E-state index in [1.165, 1.54) is 11.8 Å². The van der Waals surface area contributed by atoms with Crippen LogP contribution in [-0.4, -0.2) is 23.2 Å². The van der Waals surface area contributed by atoms with Crippen molar-refractivity contribution in [1.29, 1.82) is 0 Å². The van der Waals surface area contributed by atoms with Gasteiger partial charge in [0.2, 0.25) is 11.8 Å². The summed E-state index contributed by atoms with van der Waals surface area (Å²) in [5, 5.41) is 10.9. The van der Waals surface area contributed by atoms with Crippen LogP contribution in [0.25, 0.3) is 11.5 Å². The molecule has 0 bridgehead atoms. The van der Waals surface area contributed by atoms with Gasteiger partial charge in [0.25, 0.3) is 5.22 Å². The molecule has 0 aliphatic heterocycles. The maximum absolute atomic E-state index is 13.1. The van der Waals surface area contributed by atoms with Gasteiger partial charge in [0.05, 0.1) is 7.11 Å². The molecule has 0 radical (unpaired) electrons. The zero-order chi connectivity index (χ0) is 20.8. The van der Waals surface area contributed by atoms with E-state index in [1.54, 1.807) is 13.2 Å². The van der Waals surface area contributed by atoms with E-state index >= 15 is 0 Å². The molecule has 1 N–H and O–H groups in total. The highest BCUT2D eigenvalue weighted by Gasteiger charge is 2.25. The largest absolute Gasteiger partial charge is 0.497 e. The summed E-state index contributed by atoms with van der Waals surface area (Å²) >= 11 is 1.21. The molecule has 0 saturated carbocycles. The number of anilines is 1. The molecule has 150 valence electrons. The molecule has 0 aliphatic carbocycles. The number of nitrogens with zero attached hydrogens (tertiary/aromatic N) is 2. The number of methoxy groups -OCH3 is 1. The lowest BCUT2D eigenvalue weighted by atomic mass is 10.1. The summed E-state index contributed by atoms with van der Waals surface area (Å²) in [7, 11) is 1.59. The number of benzene rings is 3. The van der Waals surface area contributed by atoms with Gasteiger partial charge in [-0.2, -0.15) is 0 Å². The fourth-order valence-electron chi connectivity index (χ4n) is 2.86. The molecule has 0 aliphatic rings. The van der Waals surface area contributed by atoms with E-state index in [2.05, 4.69) is 15.5 Å². The quantitative estimate of drug-likeness (QED) is 0.416. The van der Waals surface area contributed by atoms with Crippen molar-refractivity contribution in [3.63, 3.8) is 0 Å². The molecule has 1 amide bonds. The minimum Gasteiger partial charge on any atom is -0.497 e. The van der Waals surface area contributed by atoms with Gasteiger partial charge in [-0.05, 0) is 41.6 Å². The van der Waals surface area contributed by atoms with Gasteiger partial charge in [0.1, 0.15) is 11.0 Å². The first-order valence-corrected chi connectivity index (χ1v) is 10.2. The second-order valence-electron chi connectivity index (χ2n) is 6.37. The van der Waals surface area contributed by atoms with Crippen LogP contribution in [0.5, 0.6) is 5.75 Å². The van der Waals surface area contributed by atoms with E-state index < -0.39 is 5.25 Å². The number of hydrogen-bond acceptors (Lipinski definition) is 6. The predicted octanol–water partition coefficient (Wildman–Crippen LogP) is 5.22. The summed E-state index contributed by atoms with van der Waals surface area (Å²) in [6, 6.07) is 26.2. The summed E-state index contributed by atoms with van der Waals surface area (Å²) in [6.45, 7) is 0. The van der Waals surface area contributed by atoms with Crippen molar-refractivity contribution in [2.24, 2.45) is 0 Å². The Bertz CT molecular complexity index is 1120. The maximum Gasteiger partial charge on any atom is 0.277 e. The van der Waals surface area contributed by atoms with Crippen LogP contribution in [-0.2, 0) is 4.79 Å². The zero-order valence-electron chi connectivity index (χ0n) is 16.2. The third kappa shape index (κ3) is 4.69. The number of carbonyl (C=O) groups is 1. The number of carbonyl (C=O) groups excluding carboxylic acids is 1. The SMILES string of the molecule is COc1cccc(NC(=O)C(Sc2nnc(-c3ccccc3)o2)c2ccccc2)c1. The summed E-state index contributed by atoms with van der Waals surface area (Å²) in [6.07, 6.45) is 0. The van der Waals surface area contributed by atoms with E-state index in [-0.39, 0.29) is 5.91 Å². The summed E-state index contributed by atoms with van der Waals surface area (Å²) in [4.78, 5) is 13.1. The first-order chi connectivity index (χ1) is 14.7. The molecule has 1 unspecified atom stereocenters. The highest BCUT2D eigenvalue weighted by molar-refractivity contribution is 8.00. The van der Waals surface area contributed by atoms with Crippen molar-refractivity contribution in [3.8, 4) is 17.2 Å². The van der Waals surface area contributed by atoms with Crippen molar-refractivity contribution < 1.29 is 13.9 Å². The van der Waals surface area contributed by atoms with Crippen LogP contribution in [0, 0.1) is 0 Å². The number of aromatic nitrogens is 2. The van der Waals surface area contributed by atoms with Crippen LogP contribution >= 0.6 is 11.8 Å². The molecule has 1 heterocycles. The lowest BCUT2D eigenvalue weighted by molar-refractivity contribution is -0.115. The molecular formula is C23H19N3O3S. The van der Waals surface area contributed by atoms with Crippen molar-refractivity contribution in [3.05, 3.63) is 90.5 Å². The summed E-state index contributed by atoms with van der Waals surface area (Å²) < 4.78 is 11.0. The van der Waals surface area contributed by atoms with E-state index in [0.29, 0.717) is 22.6 Å². The van der Waals surface area contributed by atoms with Crippen molar-refractivity contribution in [2.75, 3.05) is 12.4 Å². The number of nitrogens with one attached hydrogen (secondary N) is 1. The number of amides is 1. The molecule has 1 atom stereocenters. The summed E-state index contributed by atoms with van der Waals surface area (Å²) in [5.74, 6) is 0.887. The number of thioether (sulfide) groups is 1. The Labute approximate surface area is 178 Å². The minimum absolute atomic E-state index is 0.195. The fourth-order valence-corrected chi connectivity index (χ4v) is 3.74. The van der Waals surface area contributed by atoms with Gasteiger partial charge in [-0.25, -0.2) is 0 Å². The summed E-state index contributed by atoms with van der Waals surface area (Å²) in [5.41, 5.74) is 2.31. The van der Waals surface area contributed by atoms with Gasteiger partial charge in [-0.1, -0.05) is 54.6 Å². The minimum atomic E-state index is -0.568. The Hall–Kier alpha value is -3.58. The molecule has 1 aromatic heterocycles. The number of rotatable bonds is 7. The molecule has 4 aromatic rings. The van der Waals surface area contributed by atoms with Gasteiger partial charge >= 0.3 is 0 Å². The second-order valence-corrected chi connectivity index (χ2v) is 7.43. The zero-order valence-corrected chi connectivity index (χ0v) is 17.0. The van der Waals surface area contributed by atoms with E-state index in [0.717, 1.165) is 11.1 Å². The van der Waals surface area contributed by atoms with Gasteiger partial charge in [0.15, 0.2) is 0 Å². The van der Waals surface area contributed by atoms with E-state index in [9.17, 15) is 4.79 Å². The molecule has 0 saturated heterocycles. The topological polar surface area (TPSA) is 77.2 Å². The average Bonchev–Trinajstić information content (AvgIpc) is 3.27. The van der Waals surface area contributed by atoms with Gasteiger partial charge in [-0.15, -0.1) is 10.2 Å². The number of ether oxygens (including phenoxy) is 1. The normalized spacial score (nSPS) is 11.6. The highest BCUT2D eigenvalue weighted by atomic mass is 32.2. The van der Waals surface area contributed by atoms with Crippen LogP contribution < -0.4 is 10.1 Å². The smallest absolute Gasteiger partial charge is 0.277 e. The maximum atomic E-state index is 13.1. The van der Waals surface area contributed by atoms with Crippen LogP contribution in [0.3, 0.4) is 0 Å². The Balaban J connectivity index is 1.57. The Morgan fingerprint density at radius 2 is 1.70 bits per heavy atom. The molecule has 30 heavy (non-hydrogen) atoms. The fraction of sp³-hybridized carbons (Fsp3) is 0.0870. The van der Waals surface area contributed by atoms with Gasteiger partial charge in [-0.3, -0.25) is 4.79 Å².